The summed E-state index contributed by atoms with van der Waals surface area (Å²) in [4.78, 5) is 3.02. The van der Waals surface area contributed by atoms with Gasteiger partial charge < -0.3 is 10.7 Å². The molecule has 1 atom stereocenters. The fraction of sp³-hybridized carbons (Fsp3) is 0. The van der Waals surface area contributed by atoms with Crippen LogP contribution in [0.4, 0.5) is 17.1 Å². The third-order valence-corrected chi connectivity index (χ3v) is 4.69. The summed E-state index contributed by atoms with van der Waals surface area (Å²) in [5.41, 5.74) is 5.51. The minimum Gasteiger partial charge on any atom is -0.356 e. The number of benzene rings is 3. The van der Waals surface area contributed by atoms with Crippen molar-refractivity contribution in [2.24, 2.45) is 0 Å². The number of hydrogen-bond donors (Lipinski definition) is 4. The fourth-order valence-corrected chi connectivity index (χ4v) is 3.05. The molecule has 0 amide bonds. The maximum absolute atomic E-state index is 12.3. The van der Waals surface area contributed by atoms with E-state index >= 15 is 0 Å². The highest BCUT2D eigenvalue weighted by atomic mass is 32.2. The lowest BCUT2D eigenvalue weighted by Crippen LogP contribution is -2.28. The Morgan fingerprint density at radius 2 is 1.17 bits per heavy atom. The number of rotatable bonds is 6. The van der Waals surface area contributed by atoms with Crippen molar-refractivity contribution in [2.75, 3.05) is 10.7 Å². The van der Waals surface area contributed by atoms with Gasteiger partial charge in [-0.05, 0) is 48.5 Å². The smallest absolute Gasteiger partial charge is 0.151 e. The first-order valence-corrected chi connectivity index (χ1v) is 8.98. The molecule has 122 valence electrons. The zero-order valence-electron chi connectivity index (χ0n) is 12.9. The molecule has 4 N–H and O–H groups in total. The van der Waals surface area contributed by atoms with Crippen molar-refractivity contribution >= 4 is 27.0 Å². The lowest BCUT2D eigenvalue weighted by Gasteiger charge is -2.12. The third kappa shape index (κ3) is 4.13. The molecule has 6 heteroatoms. The number of hydrazine groups is 1. The molecule has 0 bridgehead atoms. The Bertz CT molecular complexity index is 879. The molecule has 0 aromatic heterocycles. The topological polar surface area (TPSA) is 77.0 Å². The Morgan fingerprint density at radius 1 is 0.667 bits per heavy atom. The van der Waals surface area contributed by atoms with Crippen LogP contribution in [-0.2, 0) is 9.92 Å². The highest BCUT2D eigenvalue weighted by Gasteiger charge is 2.08. The van der Waals surface area contributed by atoms with Crippen LogP contribution in [0.3, 0.4) is 0 Å². The molecule has 0 fully saturated rings. The summed E-state index contributed by atoms with van der Waals surface area (Å²) in [6.45, 7) is 0. The van der Waals surface area contributed by atoms with Crippen molar-refractivity contribution in [1.82, 2.24) is 4.83 Å². The second-order valence-electron chi connectivity index (χ2n) is 5.16. The standard InChI is InChI=1S/C18H18N4OS/c19-24(23,18-9-5-2-6-10-18)22-21-17-13-11-16(12-14-17)20-15-7-3-1-4-8-15/h1-14,20-21H,(H2,19,22,23). The molecule has 0 spiro atoms. The SMILES string of the molecule is N=S(=O)(NNc1ccc(Nc2ccccc2)cc1)c1ccccc1. The van der Waals surface area contributed by atoms with Gasteiger partial charge in [-0.3, -0.25) is 0 Å². The second-order valence-corrected chi connectivity index (χ2v) is 6.95. The van der Waals surface area contributed by atoms with Gasteiger partial charge in [0.05, 0.1) is 4.90 Å². The molecular weight excluding hydrogens is 320 g/mol. The summed E-state index contributed by atoms with van der Waals surface area (Å²) in [6.07, 6.45) is 0. The molecule has 24 heavy (non-hydrogen) atoms. The molecule has 0 aliphatic rings. The maximum Gasteiger partial charge on any atom is 0.151 e. The Balaban J connectivity index is 1.62. The van der Waals surface area contributed by atoms with Gasteiger partial charge in [0.15, 0.2) is 9.92 Å². The lowest BCUT2D eigenvalue weighted by molar-refractivity contribution is 0.668. The highest BCUT2D eigenvalue weighted by Crippen LogP contribution is 2.18. The van der Waals surface area contributed by atoms with Crippen LogP contribution in [0.2, 0.25) is 0 Å². The zero-order chi connectivity index (χ0) is 16.8. The van der Waals surface area contributed by atoms with Crippen LogP contribution in [0.5, 0.6) is 0 Å². The van der Waals surface area contributed by atoms with E-state index in [4.69, 9.17) is 4.78 Å². The summed E-state index contributed by atoms with van der Waals surface area (Å²) in [5, 5.41) is 3.29. The van der Waals surface area contributed by atoms with Gasteiger partial charge in [-0.2, -0.15) is 0 Å². The van der Waals surface area contributed by atoms with Crippen molar-refractivity contribution < 1.29 is 4.21 Å². The normalized spacial score (nSPS) is 13.0. The van der Waals surface area contributed by atoms with E-state index in [0.29, 0.717) is 4.90 Å². The van der Waals surface area contributed by atoms with Crippen molar-refractivity contribution in [2.45, 2.75) is 4.90 Å². The van der Waals surface area contributed by atoms with Crippen molar-refractivity contribution in [3.8, 4) is 0 Å². The molecule has 0 saturated heterocycles. The molecule has 1 unspecified atom stereocenters. The number of anilines is 3. The zero-order valence-corrected chi connectivity index (χ0v) is 13.7. The van der Waals surface area contributed by atoms with E-state index in [0.717, 1.165) is 17.1 Å². The van der Waals surface area contributed by atoms with E-state index in [1.807, 2.05) is 60.7 Å². The van der Waals surface area contributed by atoms with Crippen molar-refractivity contribution in [1.29, 1.82) is 4.78 Å². The van der Waals surface area contributed by atoms with Gasteiger partial charge in [-0.25, -0.2) is 8.99 Å². The molecule has 0 heterocycles. The summed E-state index contributed by atoms with van der Waals surface area (Å²) >= 11 is 0. The van der Waals surface area contributed by atoms with Crippen molar-refractivity contribution in [3.63, 3.8) is 0 Å². The van der Waals surface area contributed by atoms with Gasteiger partial charge in [-0.1, -0.05) is 36.4 Å². The van der Waals surface area contributed by atoms with Gasteiger partial charge in [0.2, 0.25) is 0 Å². The first-order valence-electron chi connectivity index (χ1n) is 7.42. The van der Waals surface area contributed by atoms with E-state index in [-0.39, 0.29) is 0 Å². The van der Waals surface area contributed by atoms with Gasteiger partial charge >= 0.3 is 0 Å². The maximum atomic E-state index is 12.3. The summed E-state index contributed by atoms with van der Waals surface area (Å²) < 4.78 is 20.3. The summed E-state index contributed by atoms with van der Waals surface area (Å²) in [6, 6.07) is 26.1. The van der Waals surface area contributed by atoms with Crippen LogP contribution in [0, 0.1) is 4.78 Å². The molecule has 0 saturated carbocycles. The number of para-hydroxylation sites is 1. The average molecular weight is 338 g/mol. The van der Waals surface area contributed by atoms with Gasteiger partial charge in [-0.15, -0.1) is 4.83 Å². The van der Waals surface area contributed by atoms with Gasteiger partial charge in [0.25, 0.3) is 0 Å². The summed E-state index contributed by atoms with van der Waals surface area (Å²) in [5.74, 6) is 0. The van der Waals surface area contributed by atoms with Crippen LogP contribution in [-0.4, -0.2) is 4.21 Å². The van der Waals surface area contributed by atoms with Crippen molar-refractivity contribution in [3.05, 3.63) is 84.9 Å². The van der Waals surface area contributed by atoms with Crippen LogP contribution in [0.1, 0.15) is 0 Å². The first kappa shape index (κ1) is 16.0. The predicted molar refractivity (Wildman–Crippen MR) is 98.5 cm³/mol. The van der Waals surface area contributed by atoms with E-state index in [1.165, 1.54) is 0 Å². The molecule has 0 radical (unpaired) electrons. The Kier molecular flexibility index (Phi) is 4.79. The monoisotopic (exact) mass is 338 g/mol. The minimum absolute atomic E-state index is 0.430. The molecule has 3 rings (SSSR count). The molecule has 0 aliphatic carbocycles. The first-order chi connectivity index (χ1) is 11.6. The van der Waals surface area contributed by atoms with E-state index < -0.39 is 9.92 Å². The van der Waals surface area contributed by atoms with Crippen LogP contribution >= 0.6 is 0 Å². The van der Waals surface area contributed by atoms with Gasteiger partial charge in [0, 0.05) is 17.1 Å². The van der Waals surface area contributed by atoms with Gasteiger partial charge in [0.1, 0.15) is 0 Å². The Labute approximate surface area is 141 Å². The van der Waals surface area contributed by atoms with Crippen LogP contribution in [0.25, 0.3) is 0 Å². The van der Waals surface area contributed by atoms with E-state index in [2.05, 4.69) is 15.6 Å². The average Bonchev–Trinajstić information content (AvgIpc) is 2.63. The molecule has 5 nitrogen and oxygen atoms in total. The van der Waals surface area contributed by atoms with Crippen LogP contribution in [0.15, 0.2) is 89.8 Å². The Hall–Kier alpha value is -2.83. The third-order valence-electron chi connectivity index (χ3n) is 3.36. The lowest BCUT2D eigenvalue weighted by atomic mass is 10.2. The Morgan fingerprint density at radius 3 is 1.79 bits per heavy atom. The molecule has 3 aromatic carbocycles. The molecular formula is C18H18N4OS. The quantitative estimate of drug-likeness (QED) is 0.504. The minimum atomic E-state index is -3.09. The van der Waals surface area contributed by atoms with E-state index in [9.17, 15) is 4.21 Å². The highest BCUT2D eigenvalue weighted by molar-refractivity contribution is 7.90. The second kappa shape index (κ2) is 7.16. The molecule has 0 aliphatic heterocycles. The number of hydrogen-bond acceptors (Lipinski definition) is 4. The molecule has 3 aromatic rings. The fourth-order valence-electron chi connectivity index (χ4n) is 2.13. The largest absolute Gasteiger partial charge is 0.356 e. The predicted octanol–water partition coefficient (Wildman–Crippen LogP) is 4.37. The summed E-state index contributed by atoms with van der Waals surface area (Å²) in [7, 11) is -3.09. The van der Waals surface area contributed by atoms with Crippen LogP contribution < -0.4 is 15.6 Å². The number of nitrogens with one attached hydrogen (secondary N) is 4. The van der Waals surface area contributed by atoms with E-state index in [1.54, 1.807) is 24.3 Å².